The highest BCUT2D eigenvalue weighted by molar-refractivity contribution is 9.10. The van der Waals surface area contributed by atoms with E-state index in [4.69, 9.17) is 14.9 Å². The maximum atomic E-state index is 5.61. The molecule has 1 aromatic carbocycles. The molecule has 0 aliphatic rings. The van der Waals surface area contributed by atoms with Crippen LogP contribution in [0.4, 0.5) is 0 Å². The fraction of sp³-hybridized carbons (Fsp3) is 0.273. The lowest BCUT2D eigenvalue weighted by Crippen LogP contribution is -2.04. The van der Waals surface area contributed by atoms with Gasteiger partial charge >= 0.3 is 0 Å². The number of halogens is 1. The molecule has 1 atom stereocenters. The summed E-state index contributed by atoms with van der Waals surface area (Å²) in [5.74, 6) is 1.58. The predicted molar refractivity (Wildman–Crippen MR) is 65.4 cm³/mol. The van der Waals surface area contributed by atoms with Gasteiger partial charge < -0.3 is 14.9 Å². The van der Waals surface area contributed by atoms with Gasteiger partial charge in [0.1, 0.15) is 5.75 Å². The molecule has 1 unspecified atom stereocenters. The van der Waals surface area contributed by atoms with Gasteiger partial charge in [-0.15, -0.1) is 10.2 Å². The Hall–Kier alpha value is -1.40. The van der Waals surface area contributed by atoms with E-state index in [-0.39, 0.29) is 12.6 Å². The van der Waals surface area contributed by atoms with E-state index in [1.54, 1.807) is 6.92 Å². The number of hydrogen-bond acceptors (Lipinski definition) is 5. The van der Waals surface area contributed by atoms with E-state index in [1.807, 2.05) is 24.3 Å². The minimum absolute atomic E-state index is 0.237. The fourth-order valence-corrected chi connectivity index (χ4v) is 1.45. The van der Waals surface area contributed by atoms with Crippen molar-refractivity contribution >= 4 is 15.9 Å². The number of aromatic nitrogens is 2. The molecule has 0 saturated carbocycles. The Morgan fingerprint density at radius 2 is 2.06 bits per heavy atom. The number of rotatable bonds is 4. The largest absolute Gasteiger partial charge is 0.484 e. The van der Waals surface area contributed by atoms with Crippen LogP contribution in [0.1, 0.15) is 24.7 Å². The summed E-state index contributed by atoms with van der Waals surface area (Å²) in [5, 5.41) is 7.65. The van der Waals surface area contributed by atoms with E-state index in [2.05, 4.69) is 26.1 Å². The number of benzene rings is 1. The summed E-state index contributed by atoms with van der Waals surface area (Å²) >= 11 is 3.35. The van der Waals surface area contributed by atoms with Gasteiger partial charge in [0, 0.05) is 4.47 Å². The van der Waals surface area contributed by atoms with Crippen LogP contribution < -0.4 is 10.5 Å². The summed E-state index contributed by atoms with van der Waals surface area (Å²) in [4.78, 5) is 0. The van der Waals surface area contributed by atoms with Crippen LogP contribution in [-0.4, -0.2) is 10.2 Å². The van der Waals surface area contributed by atoms with Gasteiger partial charge in [-0.05, 0) is 31.2 Å². The normalized spacial score (nSPS) is 12.4. The summed E-state index contributed by atoms with van der Waals surface area (Å²) in [7, 11) is 0. The first-order chi connectivity index (χ1) is 8.15. The molecule has 0 bridgehead atoms. The van der Waals surface area contributed by atoms with Crippen LogP contribution >= 0.6 is 15.9 Å². The second-order valence-corrected chi connectivity index (χ2v) is 4.48. The van der Waals surface area contributed by atoms with Crippen LogP contribution in [0.15, 0.2) is 33.2 Å². The average molecular weight is 298 g/mol. The highest BCUT2D eigenvalue weighted by Gasteiger charge is 2.09. The van der Waals surface area contributed by atoms with E-state index in [9.17, 15) is 0 Å². The molecule has 1 aromatic heterocycles. The number of hydrogen-bond donors (Lipinski definition) is 1. The van der Waals surface area contributed by atoms with E-state index in [1.165, 1.54) is 0 Å². The lowest BCUT2D eigenvalue weighted by atomic mass is 10.3. The first-order valence-electron chi connectivity index (χ1n) is 5.11. The van der Waals surface area contributed by atoms with Gasteiger partial charge in [-0.3, -0.25) is 0 Å². The Morgan fingerprint density at radius 3 is 2.65 bits per heavy atom. The summed E-state index contributed by atoms with van der Waals surface area (Å²) in [6.45, 7) is 2.02. The minimum Gasteiger partial charge on any atom is -0.484 e. The maximum Gasteiger partial charge on any atom is 0.253 e. The first-order valence-corrected chi connectivity index (χ1v) is 5.90. The molecule has 0 radical (unpaired) electrons. The molecule has 2 N–H and O–H groups in total. The highest BCUT2D eigenvalue weighted by Crippen LogP contribution is 2.17. The quantitative estimate of drug-likeness (QED) is 0.938. The standard InChI is InChI=1S/C11H12BrN3O2/c1-7(13)11-15-14-10(17-11)6-16-9-4-2-8(12)3-5-9/h2-5,7H,6,13H2,1H3. The van der Waals surface area contributed by atoms with Crippen molar-refractivity contribution in [2.75, 3.05) is 0 Å². The van der Waals surface area contributed by atoms with Gasteiger partial charge in [0.05, 0.1) is 6.04 Å². The molecule has 1 heterocycles. The predicted octanol–water partition coefficient (Wildman–Crippen LogP) is 2.43. The molecule has 0 spiro atoms. The number of nitrogens with two attached hydrogens (primary N) is 1. The lowest BCUT2D eigenvalue weighted by molar-refractivity contribution is 0.257. The fourth-order valence-electron chi connectivity index (χ4n) is 1.18. The summed E-state index contributed by atoms with van der Waals surface area (Å²) < 4.78 is 11.8. The zero-order valence-corrected chi connectivity index (χ0v) is 10.8. The van der Waals surface area contributed by atoms with Crippen LogP contribution in [0, 0.1) is 0 Å². The molecule has 2 rings (SSSR count). The molecule has 0 aliphatic carbocycles. The van der Waals surface area contributed by atoms with Gasteiger partial charge in [0.2, 0.25) is 5.89 Å². The molecule has 6 heteroatoms. The van der Waals surface area contributed by atoms with Crippen molar-refractivity contribution in [1.29, 1.82) is 0 Å². The Bertz CT molecular complexity index is 482. The number of nitrogens with zero attached hydrogens (tertiary/aromatic N) is 2. The molecule has 0 saturated heterocycles. The Labute approximate surface area is 107 Å². The van der Waals surface area contributed by atoms with Crippen molar-refractivity contribution in [2.24, 2.45) is 5.73 Å². The molecule has 0 aliphatic heterocycles. The minimum atomic E-state index is -0.260. The van der Waals surface area contributed by atoms with Crippen molar-refractivity contribution in [1.82, 2.24) is 10.2 Å². The van der Waals surface area contributed by atoms with E-state index in [0.29, 0.717) is 11.8 Å². The molecule has 0 amide bonds. The van der Waals surface area contributed by atoms with Gasteiger partial charge in [-0.1, -0.05) is 15.9 Å². The smallest absolute Gasteiger partial charge is 0.253 e. The third kappa shape index (κ3) is 3.28. The SMILES string of the molecule is CC(N)c1nnc(COc2ccc(Br)cc2)o1. The van der Waals surface area contributed by atoms with Gasteiger partial charge in [-0.2, -0.15) is 0 Å². The van der Waals surface area contributed by atoms with Gasteiger partial charge in [0.15, 0.2) is 6.61 Å². The van der Waals surface area contributed by atoms with Crippen molar-refractivity contribution in [3.05, 3.63) is 40.5 Å². The maximum absolute atomic E-state index is 5.61. The molecule has 5 nitrogen and oxygen atoms in total. The monoisotopic (exact) mass is 297 g/mol. The van der Waals surface area contributed by atoms with Crippen LogP contribution in [-0.2, 0) is 6.61 Å². The van der Waals surface area contributed by atoms with Crippen molar-refractivity contribution in [3.8, 4) is 5.75 Å². The molecule has 17 heavy (non-hydrogen) atoms. The summed E-state index contributed by atoms with van der Waals surface area (Å²) in [5.41, 5.74) is 5.61. The Morgan fingerprint density at radius 1 is 1.35 bits per heavy atom. The van der Waals surface area contributed by atoms with Crippen molar-refractivity contribution < 1.29 is 9.15 Å². The zero-order chi connectivity index (χ0) is 12.3. The molecular weight excluding hydrogens is 286 g/mol. The van der Waals surface area contributed by atoms with Crippen LogP contribution in [0.5, 0.6) is 5.75 Å². The third-order valence-corrected chi connectivity index (χ3v) is 2.58. The van der Waals surface area contributed by atoms with Crippen LogP contribution in [0.3, 0.4) is 0 Å². The Balaban J connectivity index is 1.95. The molecule has 0 fully saturated rings. The molecule has 2 aromatic rings. The molecule has 90 valence electrons. The first kappa shape index (κ1) is 12.1. The van der Waals surface area contributed by atoms with E-state index < -0.39 is 0 Å². The third-order valence-electron chi connectivity index (χ3n) is 2.05. The topological polar surface area (TPSA) is 74.2 Å². The lowest BCUT2D eigenvalue weighted by Gasteiger charge is -2.02. The van der Waals surface area contributed by atoms with Gasteiger partial charge in [0.25, 0.3) is 5.89 Å². The molecular formula is C11H12BrN3O2. The summed E-state index contributed by atoms with van der Waals surface area (Å²) in [6.07, 6.45) is 0. The van der Waals surface area contributed by atoms with Crippen LogP contribution in [0.25, 0.3) is 0 Å². The van der Waals surface area contributed by atoms with Crippen molar-refractivity contribution in [3.63, 3.8) is 0 Å². The Kier molecular flexibility index (Phi) is 3.75. The summed E-state index contributed by atoms with van der Waals surface area (Å²) in [6, 6.07) is 7.25. The van der Waals surface area contributed by atoms with E-state index >= 15 is 0 Å². The highest BCUT2D eigenvalue weighted by atomic mass is 79.9. The zero-order valence-electron chi connectivity index (χ0n) is 9.26. The number of ether oxygens (including phenoxy) is 1. The average Bonchev–Trinajstić information content (AvgIpc) is 2.77. The second kappa shape index (κ2) is 5.29. The van der Waals surface area contributed by atoms with Crippen LogP contribution in [0.2, 0.25) is 0 Å². The second-order valence-electron chi connectivity index (χ2n) is 3.57. The van der Waals surface area contributed by atoms with Gasteiger partial charge in [-0.25, -0.2) is 0 Å². The van der Waals surface area contributed by atoms with E-state index in [0.717, 1.165) is 10.2 Å². The van der Waals surface area contributed by atoms with Crippen molar-refractivity contribution in [2.45, 2.75) is 19.6 Å².